The lowest BCUT2D eigenvalue weighted by molar-refractivity contribution is 0.194. The van der Waals surface area contributed by atoms with Crippen LogP contribution in [0.1, 0.15) is 37.8 Å². The molecule has 1 saturated heterocycles. The Morgan fingerprint density at radius 2 is 2.21 bits per heavy atom. The van der Waals surface area contributed by atoms with Crippen molar-refractivity contribution in [3.63, 3.8) is 0 Å². The minimum Gasteiger partial charge on any atom is -0.313 e. The van der Waals surface area contributed by atoms with E-state index < -0.39 is 0 Å². The van der Waals surface area contributed by atoms with E-state index in [0.717, 1.165) is 13.1 Å². The van der Waals surface area contributed by atoms with Crippen molar-refractivity contribution in [3.05, 3.63) is 33.8 Å². The summed E-state index contributed by atoms with van der Waals surface area (Å²) in [6.45, 7) is 10.1. The summed E-state index contributed by atoms with van der Waals surface area (Å²) in [6.07, 6.45) is 2.65. The number of hydrogen-bond acceptors (Lipinski definition) is 2. The van der Waals surface area contributed by atoms with Gasteiger partial charge in [-0.2, -0.15) is 0 Å². The molecule has 1 fully saturated rings. The molecule has 3 heteroatoms. The molecule has 0 radical (unpaired) electrons. The zero-order valence-corrected chi connectivity index (χ0v) is 13.8. The highest BCUT2D eigenvalue weighted by atomic mass is 79.9. The first-order valence-corrected chi connectivity index (χ1v) is 8.08. The van der Waals surface area contributed by atoms with Crippen LogP contribution in [0.3, 0.4) is 0 Å². The van der Waals surface area contributed by atoms with E-state index in [-0.39, 0.29) is 0 Å². The summed E-state index contributed by atoms with van der Waals surface area (Å²) in [6, 6.07) is 7.96. The fourth-order valence-electron chi connectivity index (χ4n) is 2.69. The molecule has 2 nitrogen and oxygen atoms in total. The predicted octanol–water partition coefficient (Wildman–Crippen LogP) is 3.72. The van der Waals surface area contributed by atoms with Crippen LogP contribution >= 0.6 is 15.9 Å². The van der Waals surface area contributed by atoms with Crippen LogP contribution < -0.4 is 5.32 Å². The number of hydrogen-bond donors (Lipinski definition) is 1. The van der Waals surface area contributed by atoms with Gasteiger partial charge in [0.2, 0.25) is 0 Å². The summed E-state index contributed by atoms with van der Waals surface area (Å²) in [7, 11) is 0. The topological polar surface area (TPSA) is 15.3 Å². The predicted molar refractivity (Wildman–Crippen MR) is 85.4 cm³/mol. The van der Waals surface area contributed by atoms with Gasteiger partial charge in [0.1, 0.15) is 0 Å². The number of rotatable bonds is 5. The Kier molecular flexibility index (Phi) is 5.43. The smallest absolute Gasteiger partial charge is 0.0237 e. The van der Waals surface area contributed by atoms with Crippen LogP contribution in [-0.4, -0.2) is 30.1 Å². The maximum absolute atomic E-state index is 3.60. The number of nitrogens with one attached hydrogen (secondary N) is 1. The molecule has 1 heterocycles. The quantitative estimate of drug-likeness (QED) is 0.888. The van der Waals surface area contributed by atoms with E-state index >= 15 is 0 Å². The van der Waals surface area contributed by atoms with Crippen molar-refractivity contribution in [1.82, 2.24) is 10.2 Å². The molecule has 106 valence electrons. The van der Waals surface area contributed by atoms with Crippen molar-refractivity contribution >= 4 is 15.9 Å². The number of halogens is 1. The Bertz CT molecular complexity index is 411. The third-order valence-electron chi connectivity index (χ3n) is 3.96. The summed E-state index contributed by atoms with van der Waals surface area (Å²) in [5.41, 5.74) is 2.73. The van der Waals surface area contributed by atoms with Gasteiger partial charge in [-0.15, -0.1) is 0 Å². The van der Waals surface area contributed by atoms with Crippen LogP contribution in [0.5, 0.6) is 0 Å². The van der Waals surface area contributed by atoms with Crippen molar-refractivity contribution in [1.29, 1.82) is 0 Å². The van der Waals surface area contributed by atoms with Gasteiger partial charge in [0.05, 0.1) is 0 Å². The van der Waals surface area contributed by atoms with Gasteiger partial charge in [-0.05, 0) is 57.4 Å². The maximum Gasteiger partial charge on any atom is 0.0237 e. The van der Waals surface area contributed by atoms with Crippen molar-refractivity contribution in [2.24, 2.45) is 0 Å². The van der Waals surface area contributed by atoms with Gasteiger partial charge in [-0.25, -0.2) is 0 Å². The van der Waals surface area contributed by atoms with E-state index in [4.69, 9.17) is 0 Å². The molecule has 0 aromatic heterocycles. The average molecular weight is 325 g/mol. The van der Waals surface area contributed by atoms with Crippen LogP contribution in [0.4, 0.5) is 0 Å². The molecule has 0 aliphatic carbocycles. The SMILES string of the molecule is Cc1cc(CN(CC2CCCN2)C(C)C)ccc1Br. The monoisotopic (exact) mass is 324 g/mol. The lowest BCUT2D eigenvalue weighted by atomic mass is 10.1. The second kappa shape index (κ2) is 6.87. The molecule has 0 spiro atoms. The first-order valence-electron chi connectivity index (χ1n) is 7.28. The highest BCUT2D eigenvalue weighted by molar-refractivity contribution is 9.10. The Labute approximate surface area is 125 Å². The molecule has 1 aliphatic rings. The molecule has 1 unspecified atom stereocenters. The maximum atomic E-state index is 3.60. The Morgan fingerprint density at radius 3 is 2.79 bits per heavy atom. The Hall–Kier alpha value is -0.380. The summed E-state index contributed by atoms with van der Waals surface area (Å²) < 4.78 is 1.20. The summed E-state index contributed by atoms with van der Waals surface area (Å²) in [5.74, 6) is 0. The first-order chi connectivity index (χ1) is 9.06. The molecular weight excluding hydrogens is 300 g/mol. The van der Waals surface area contributed by atoms with Crippen LogP contribution in [0, 0.1) is 6.92 Å². The van der Waals surface area contributed by atoms with Gasteiger partial charge in [-0.1, -0.05) is 28.1 Å². The van der Waals surface area contributed by atoms with E-state index in [1.807, 2.05) is 0 Å². The second-order valence-electron chi connectivity index (χ2n) is 5.90. The molecule has 1 aliphatic heterocycles. The average Bonchev–Trinajstić information content (AvgIpc) is 2.86. The van der Waals surface area contributed by atoms with Crippen molar-refractivity contribution in [3.8, 4) is 0 Å². The van der Waals surface area contributed by atoms with E-state index in [1.54, 1.807) is 0 Å². The molecule has 1 aromatic carbocycles. The van der Waals surface area contributed by atoms with Gasteiger partial charge in [0.25, 0.3) is 0 Å². The zero-order valence-electron chi connectivity index (χ0n) is 12.2. The number of nitrogens with zero attached hydrogens (tertiary/aromatic N) is 1. The van der Waals surface area contributed by atoms with Crippen LogP contribution in [0.2, 0.25) is 0 Å². The molecule has 1 aromatic rings. The molecule has 1 atom stereocenters. The van der Waals surface area contributed by atoms with Gasteiger partial charge >= 0.3 is 0 Å². The van der Waals surface area contributed by atoms with E-state index in [9.17, 15) is 0 Å². The molecule has 1 N–H and O–H groups in total. The molecule has 19 heavy (non-hydrogen) atoms. The summed E-state index contributed by atoms with van der Waals surface area (Å²) >= 11 is 3.57. The van der Waals surface area contributed by atoms with Crippen LogP contribution in [0.25, 0.3) is 0 Å². The second-order valence-corrected chi connectivity index (χ2v) is 6.75. The van der Waals surface area contributed by atoms with Crippen molar-refractivity contribution in [2.75, 3.05) is 13.1 Å². The fourth-order valence-corrected chi connectivity index (χ4v) is 2.94. The van der Waals surface area contributed by atoms with Crippen molar-refractivity contribution < 1.29 is 0 Å². The van der Waals surface area contributed by atoms with E-state index in [1.165, 1.54) is 35.0 Å². The number of benzene rings is 1. The highest BCUT2D eigenvalue weighted by Crippen LogP contribution is 2.19. The van der Waals surface area contributed by atoms with Crippen LogP contribution in [0.15, 0.2) is 22.7 Å². The highest BCUT2D eigenvalue weighted by Gasteiger charge is 2.19. The molecule has 2 rings (SSSR count). The largest absolute Gasteiger partial charge is 0.313 e. The Balaban J connectivity index is 2.00. The Morgan fingerprint density at radius 1 is 1.42 bits per heavy atom. The molecule has 0 saturated carbocycles. The summed E-state index contributed by atoms with van der Waals surface area (Å²) in [5, 5.41) is 3.60. The third kappa shape index (κ3) is 4.30. The fraction of sp³-hybridized carbons (Fsp3) is 0.625. The van der Waals surface area contributed by atoms with Crippen LogP contribution in [-0.2, 0) is 6.54 Å². The van der Waals surface area contributed by atoms with Crippen molar-refractivity contribution in [2.45, 2.75) is 52.2 Å². The van der Waals surface area contributed by atoms with E-state index in [2.05, 4.69) is 65.1 Å². The first kappa shape index (κ1) is 15.0. The molecule has 0 bridgehead atoms. The van der Waals surface area contributed by atoms with Gasteiger partial charge in [0.15, 0.2) is 0 Å². The lowest BCUT2D eigenvalue weighted by Gasteiger charge is -2.29. The van der Waals surface area contributed by atoms with Gasteiger partial charge in [0, 0.05) is 29.6 Å². The van der Waals surface area contributed by atoms with E-state index in [0.29, 0.717) is 12.1 Å². The normalized spacial score (nSPS) is 19.6. The molecular formula is C16H25BrN2. The van der Waals surface area contributed by atoms with Gasteiger partial charge < -0.3 is 5.32 Å². The number of aryl methyl sites for hydroxylation is 1. The standard InChI is InChI=1S/C16H25BrN2/c1-12(2)19(11-15-5-4-8-18-15)10-14-6-7-16(17)13(3)9-14/h6-7,9,12,15,18H,4-5,8,10-11H2,1-3H3. The zero-order chi connectivity index (χ0) is 13.8. The minimum absolute atomic E-state index is 0.589. The van der Waals surface area contributed by atoms with Gasteiger partial charge in [-0.3, -0.25) is 4.90 Å². The lowest BCUT2D eigenvalue weighted by Crippen LogP contribution is -2.40. The minimum atomic E-state index is 0.589. The molecule has 0 amide bonds. The third-order valence-corrected chi connectivity index (χ3v) is 4.85. The summed E-state index contributed by atoms with van der Waals surface area (Å²) in [4.78, 5) is 2.58.